The van der Waals surface area contributed by atoms with Crippen molar-refractivity contribution in [3.8, 4) is 0 Å². The molecule has 0 atom stereocenters. The molecule has 9 heteroatoms. The molecule has 0 radical (unpaired) electrons. The van der Waals surface area contributed by atoms with Gasteiger partial charge in [0.1, 0.15) is 4.90 Å². The van der Waals surface area contributed by atoms with Crippen LogP contribution in [0.1, 0.15) is 12.6 Å². The van der Waals surface area contributed by atoms with Gasteiger partial charge in [0.15, 0.2) is 0 Å². The smallest absolute Gasteiger partial charge is 0.265 e. The standard InChI is InChI=1S/C11H16N6O2S/c1-3-12-7-9-6-10(8-17(9)2)20(18,19)16-11-13-4-5-14-15-11/h4-6,8,12H,3,7H2,1-2H3,(H,13,15,16). The van der Waals surface area contributed by atoms with Crippen LogP contribution in [0.3, 0.4) is 0 Å². The summed E-state index contributed by atoms with van der Waals surface area (Å²) in [5.41, 5.74) is 0.874. The van der Waals surface area contributed by atoms with Crippen LogP contribution >= 0.6 is 0 Å². The first-order chi connectivity index (χ1) is 9.53. The van der Waals surface area contributed by atoms with Crippen LogP contribution in [0.25, 0.3) is 0 Å². The summed E-state index contributed by atoms with van der Waals surface area (Å²) in [5.74, 6) is -0.0513. The summed E-state index contributed by atoms with van der Waals surface area (Å²) in [5, 5.41) is 10.3. The molecule has 0 aliphatic rings. The van der Waals surface area contributed by atoms with Gasteiger partial charge in [-0.15, -0.1) is 5.10 Å². The van der Waals surface area contributed by atoms with E-state index in [1.165, 1.54) is 12.4 Å². The first-order valence-corrected chi connectivity index (χ1v) is 7.53. The molecule has 2 aromatic rings. The Labute approximate surface area is 117 Å². The lowest BCUT2D eigenvalue weighted by Crippen LogP contribution is -2.15. The van der Waals surface area contributed by atoms with E-state index in [1.54, 1.807) is 23.9 Å². The van der Waals surface area contributed by atoms with E-state index in [-0.39, 0.29) is 10.8 Å². The first kappa shape index (κ1) is 14.4. The second kappa shape index (κ2) is 5.97. The summed E-state index contributed by atoms with van der Waals surface area (Å²) < 4.78 is 28.4. The summed E-state index contributed by atoms with van der Waals surface area (Å²) in [6.45, 7) is 3.41. The largest absolute Gasteiger partial charge is 0.352 e. The van der Waals surface area contributed by atoms with E-state index in [2.05, 4.69) is 25.2 Å². The Balaban J connectivity index is 2.21. The maximum atomic E-state index is 12.2. The minimum Gasteiger partial charge on any atom is -0.352 e. The summed E-state index contributed by atoms with van der Waals surface area (Å²) in [4.78, 5) is 3.95. The Morgan fingerprint density at radius 1 is 1.35 bits per heavy atom. The lowest BCUT2D eigenvalue weighted by Gasteiger charge is -2.02. The Morgan fingerprint density at radius 3 is 2.80 bits per heavy atom. The van der Waals surface area contributed by atoms with E-state index >= 15 is 0 Å². The number of nitrogens with zero attached hydrogens (tertiary/aromatic N) is 4. The van der Waals surface area contributed by atoms with Crippen molar-refractivity contribution in [3.05, 3.63) is 30.4 Å². The third-order valence-electron chi connectivity index (χ3n) is 2.66. The van der Waals surface area contributed by atoms with Crippen molar-refractivity contribution in [2.45, 2.75) is 18.4 Å². The van der Waals surface area contributed by atoms with Crippen molar-refractivity contribution in [2.24, 2.45) is 7.05 Å². The molecule has 0 amide bonds. The van der Waals surface area contributed by atoms with Gasteiger partial charge in [-0.25, -0.2) is 18.1 Å². The van der Waals surface area contributed by atoms with Crippen LogP contribution in [0.15, 0.2) is 29.6 Å². The van der Waals surface area contributed by atoms with Crippen LogP contribution < -0.4 is 10.0 Å². The molecular weight excluding hydrogens is 280 g/mol. The predicted octanol–water partition coefficient (Wildman–Crippen LogP) is 0.120. The molecule has 0 unspecified atom stereocenters. The van der Waals surface area contributed by atoms with E-state index in [9.17, 15) is 8.42 Å². The van der Waals surface area contributed by atoms with Crippen LogP contribution in [-0.4, -0.2) is 34.7 Å². The zero-order valence-corrected chi connectivity index (χ0v) is 12.1. The van der Waals surface area contributed by atoms with Crippen molar-refractivity contribution < 1.29 is 8.42 Å². The van der Waals surface area contributed by atoms with Crippen molar-refractivity contribution in [1.82, 2.24) is 25.1 Å². The van der Waals surface area contributed by atoms with Gasteiger partial charge in [0.05, 0.1) is 12.4 Å². The Morgan fingerprint density at radius 2 is 2.15 bits per heavy atom. The number of sulfonamides is 1. The Hall–Kier alpha value is -2.00. The fraction of sp³-hybridized carbons (Fsp3) is 0.364. The van der Waals surface area contributed by atoms with Gasteiger partial charge in [0, 0.05) is 25.5 Å². The molecule has 0 bridgehead atoms. The van der Waals surface area contributed by atoms with Gasteiger partial charge in [-0.3, -0.25) is 0 Å². The minimum absolute atomic E-state index is 0.0513. The number of aromatic nitrogens is 4. The van der Waals surface area contributed by atoms with Crippen molar-refractivity contribution >= 4 is 16.0 Å². The fourth-order valence-electron chi connectivity index (χ4n) is 1.63. The highest BCUT2D eigenvalue weighted by Crippen LogP contribution is 2.15. The molecule has 20 heavy (non-hydrogen) atoms. The SMILES string of the molecule is CCNCc1cc(S(=O)(=O)Nc2nccnn2)cn1C. The molecule has 2 rings (SSSR count). The molecule has 8 nitrogen and oxygen atoms in total. The fourth-order valence-corrected chi connectivity index (χ4v) is 2.67. The number of rotatable bonds is 6. The lowest BCUT2D eigenvalue weighted by molar-refractivity contribution is 0.600. The van der Waals surface area contributed by atoms with Crippen molar-refractivity contribution in [3.63, 3.8) is 0 Å². The molecular formula is C11H16N6O2S. The van der Waals surface area contributed by atoms with Gasteiger partial charge >= 0.3 is 0 Å². The van der Waals surface area contributed by atoms with Gasteiger partial charge in [-0.2, -0.15) is 5.10 Å². The normalized spacial score (nSPS) is 11.5. The average Bonchev–Trinajstić information content (AvgIpc) is 2.79. The van der Waals surface area contributed by atoms with Crippen LogP contribution in [0.2, 0.25) is 0 Å². The zero-order chi connectivity index (χ0) is 14.6. The molecule has 2 aromatic heterocycles. The van der Waals surface area contributed by atoms with E-state index in [0.717, 1.165) is 12.2 Å². The quantitative estimate of drug-likeness (QED) is 0.785. The van der Waals surface area contributed by atoms with Crippen molar-refractivity contribution in [1.29, 1.82) is 0 Å². The molecule has 108 valence electrons. The monoisotopic (exact) mass is 296 g/mol. The molecule has 0 aromatic carbocycles. The molecule has 2 N–H and O–H groups in total. The van der Waals surface area contributed by atoms with Crippen LogP contribution in [0.5, 0.6) is 0 Å². The second-order valence-electron chi connectivity index (χ2n) is 4.13. The Bertz CT molecular complexity index is 667. The maximum absolute atomic E-state index is 12.2. The summed E-state index contributed by atoms with van der Waals surface area (Å²) in [6, 6.07) is 1.61. The number of anilines is 1. The topological polar surface area (TPSA) is 102 Å². The number of hydrogen-bond acceptors (Lipinski definition) is 6. The van der Waals surface area contributed by atoms with Gasteiger partial charge in [-0.1, -0.05) is 6.92 Å². The van der Waals surface area contributed by atoms with Gasteiger partial charge in [0.25, 0.3) is 16.0 Å². The third kappa shape index (κ3) is 3.31. The van der Waals surface area contributed by atoms with E-state index in [4.69, 9.17) is 0 Å². The molecule has 0 spiro atoms. The van der Waals surface area contributed by atoms with Gasteiger partial charge in [0.2, 0.25) is 0 Å². The van der Waals surface area contributed by atoms with Crippen LogP contribution in [0.4, 0.5) is 5.95 Å². The molecule has 0 aliphatic carbocycles. The zero-order valence-electron chi connectivity index (χ0n) is 11.2. The average molecular weight is 296 g/mol. The molecule has 0 aliphatic heterocycles. The van der Waals surface area contributed by atoms with E-state index < -0.39 is 10.0 Å². The summed E-state index contributed by atoms with van der Waals surface area (Å²) in [6.07, 6.45) is 4.28. The third-order valence-corrected chi connectivity index (χ3v) is 3.95. The maximum Gasteiger partial charge on any atom is 0.265 e. The van der Waals surface area contributed by atoms with Gasteiger partial charge in [-0.05, 0) is 12.6 Å². The van der Waals surface area contributed by atoms with Crippen LogP contribution in [-0.2, 0) is 23.6 Å². The summed E-state index contributed by atoms with van der Waals surface area (Å²) in [7, 11) is -1.91. The molecule has 0 fully saturated rings. The Kier molecular flexibility index (Phi) is 4.30. The van der Waals surface area contributed by atoms with Crippen LogP contribution in [0, 0.1) is 0 Å². The number of aryl methyl sites for hydroxylation is 1. The van der Waals surface area contributed by atoms with E-state index in [1.807, 2.05) is 6.92 Å². The lowest BCUT2D eigenvalue weighted by atomic mass is 10.4. The molecule has 0 saturated heterocycles. The first-order valence-electron chi connectivity index (χ1n) is 6.05. The number of hydrogen-bond donors (Lipinski definition) is 2. The van der Waals surface area contributed by atoms with E-state index in [0.29, 0.717) is 6.54 Å². The summed E-state index contributed by atoms with van der Waals surface area (Å²) >= 11 is 0. The number of nitrogens with one attached hydrogen (secondary N) is 2. The second-order valence-corrected chi connectivity index (χ2v) is 5.81. The molecule has 2 heterocycles. The predicted molar refractivity (Wildman–Crippen MR) is 73.4 cm³/mol. The highest BCUT2D eigenvalue weighted by molar-refractivity contribution is 7.92. The highest BCUT2D eigenvalue weighted by atomic mass is 32.2. The van der Waals surface area contributed by atoms with Crippen molar-refractivity contribution in [2.75, 3.05) is 11.3 Å². The highest BCUT2D eigenvalue weighted by Gasteiger charge is 2.18. The molecule has 0 saturated carbocycles. The minimum atomic E-state index is -3.70. The van der Waals surface area contributed by atoms with Gasteiger partial charge < -0.3 is 9.88 Å².